The third kappa shape index (κ3) is 3.92. The zero-order valence-electron chi connectivity index (χ0n) is 20.5. The second-order valence-corrected chi connectivity index (χ2v) is 10.0. The standard InChI is InChI=1S/C27H30FN5O3/c1-16-19(28)4-3-5-20(16)31-24-22-25(27(7-8-27)15-30-26(22)34)32-23(24)18-6-9-29-12-21(18)36-14-17-13-35-11-10-33(17)2/h3-6,9,12,17,31-32H,7-8,10-11,13-15H2,1-2H3,(H,30,34)/t17-/m1/s1. The summed E-state index contributed by atoms with van der Waals surface area (Å²) in [6, 6.07) is 6.93. The van der Waals surface area contributed by atoms with E-state index >= 15 is 0 Å². The van der Waals surface area contributed by atoms with Gasteiger partial charge in [0.1, 0.15) is 18.2 Å². The first kappa shape index (κ1) is 23.0. The van der Waals surface area contributed by atoms with Crippen LogP contribution >= 0.6 is 0 Å². The van der Waals surface area contributed by atoms with Crippen molar-refractivity contribution in [2.24, 2.45) is 0 Å². The molecule has 0 bridgehead atoms. The van der Waals surface area contributed by atoms with Crippen LogP contribution in [0.3, 0.4) is 0 Å². The van der Waals surface area contributed by atoms with Gasteiger partial charge in [0, 0.05) is 47.2 Å². The molecule has 1 saturated heterocycles. The predicted octanol–water partition coefficient (Wildman–Crippen LogP) is 3.75. The maximum absolute atomic E-state index is 14.4. The van der Waals surface area contributed by atoms with Gasteiger partial charge in [-0.2, -0.15) is 0 Å². The van der Waals surface area contributed by atoms with Crippen molar-refractivity contribution in [2.75, 3.05) is 45.3 Å². The average Bonchev–Trinajstić information content (AvgIpc) is 3.56. The average molecular weight is 492 g/mol. The highest BCUT2D eigenvalue weighted by molar-refractivity contribution is 6.07. The summed E-state index contributed by atoms with van der Waals surface area (Å²) >= 11 is 0. The normalized spacial score (nSPS) is 20.6. The number of carbonyl (C=O) groups excluding carboxylic acids is 1. The fourth-order valence-corrected chi connectivity index (χ4v) is 5.13. The maximum Gasteiger partial charge on any atom is 0.255 e. The number of aromatic nitrogens is 2. The van der Waals surface area contributed by atoms with E-state index in [0.717, 1.165) is 42.9 Å². The molecule has 0 unspecified atom stereocenters. The molecule has 4 heterocycles. The number of fused-ring (bicyclic) bond motifs is 2. The van der Waals surface area contributed by atoms with Gasteiger partial charge in [-0.15, -0.1) is 0 Å². The topological polar surface area (TPSA) is 91.5 Å². The van der Waals surface area contributed by atoms with Gasteiger partial charge in [0.2, 0.25) is 0 Å². The summed E-state index contributed by atoms with van der Waals surface area (Å²) in [6.45, 7) is 4.98. The van der Waals surface area contributed by atoms with E-state index in [1.807, 2.05) is 12.1 Å². The van der Waals surface area contributed by atoms with Crippen LogP contribution in [0.4, 0.5) is 15.8 Å². The van der Waals surface area contributed by atoms with E-state index in [1.165, 1.54) is 6.07 Å². The quantitative estimate of drug-likeness (QED) is 0.487. The van der Waals surface area contributed by atoms with Gasteiger partial charge in [0.05, 0.1) is 42.4 Å². The van der Waals surface area contributed by atoms with Crippen LogP contribution in [-0.2, 0) is 10.2 Å². The molecule has 2 aliphatic heterocycles. The summed E-state index contributed by atoms with van der Waals surface area (Å²) in [7, 11) is 2.07. The summed E-state index contributed by atoms with van der Waals surface area (Å²) in [4.78, 5) is 23.3. The molecule has 3 N–H and O–H groups in total. The number of halogens is 1. The molecule has 6 rings (SSSR count). The number of benzene rings is 1. The van der Waals surface area contributed by atoms with Gasteiger partial charge in [-0.3, -0.25) is 14.7 Å². The predicted molar refractivity (Wildman–Crippen MR) is 134 cm³/mol. The molecule has 1 amide bonds. The lowest BCUT2D eigenvalue weighted by molar-refractivity contribution is -0.0107. The van der Waals surface area contributed by atoms with Crippen molar-refractivity contribution in [3.8, 4) is 17.0 Å². The number of nitrogens with one attached hydrogen (secondary N) is 3. The molecule has 1 aliphatic carbocycles. The van der Waals surface area contributed by atoms with Crippen molar-refractivity contribution >= 4 is 17.3 Å². The molecule has 3 aromatic rings. The van der Waals surface area contributed by atoms with Crippen molar-refractivity contribution in [1.29, 1.82) is 0 Å². The lowest BCUT2D eigenvalue weighted by atomic mass is 9.93. The third-order valence-electron chi connectivity index (χ3n) is 7.73. The summed E-state index contributed by atoms with van der Waals surface area (Å²) < 4.78 is 26.3. The van der Waals surface area contributed by atoms with Crippen LogP contribution in [0.2, 0.25) is 0 Å². The van der Waals surface area contributed by atoms with Crippen molar-refractivity contribution in [1.82, 2.24) is 20.2 Å². The SMILES string of the molecule is Cc1c(F)cccc1Nc1c(-c2ccncc2OC[C@H]2COCCN2C)[nH]c2c1C(=O)NCC21CC1. The maximum atomic E-state index is 14.4. The molecular weight excluding hydrogens is 461 g/mol. The monoisotopic (exact) mass is 491 g/mol. The molecule has 9 heteroatoms. The van der Waals surface area contributed by atoms with Crippen LogP contribution in [0.25, 0.3) is 11.3 Å². The number of rotatable bonds is 6. The van der Waals surface area contributed by atoms with E-state index in [0.29, 0.717) is 48.0 Å². The minimum absolute atomic E-state index is 0.0783. The molecule has 1 aromatic carbocycles. The van der Waals surface area contributed by atoms with Gasteiger partial charge >= 0.3 is 0 Å². The van der Waals surface area contributed by atoms with Gasteiger partial charge in [-0.25, -0.2) is 4.39 Å². The Balaban J connectivity index is 1.43. The molecule has 1 atom stereocenters. The van der Waals surface area contributed by atoms with Crippen molar-refractivity contribution in [3.63, 3.8) is 0 Å². The number of nitrogens with zero attached hydrogens (tertiary/aromatic N) is 2. The number of ether oxygens (including phenoxy) is 2. The van der Waals surface area contributed by atoms with E-state index in [1.54, 1.807) is 25.4 Å². The van der Waals surface area contributed by atoms with Crippen LogP contribution in [0, 0.1) is 12.7 Å². The van der Waals surface area contributed by atoms with Gasteiger partial charge in [-0.05, 0) is 45.0 Å². The lowest BCUT2D eigenvalue weighted by Gasteiger charge is -2.32. The molecular formula is C27H30FN5O3. The Morgan fingerprint density at radius 1 is 1.33 bits per heavy atom. The fraction of sp³-hybridized carbons (Fsp3) is 0.407. The highest BCUT2D eigenvalue weighted by Gasteiger charge is 2.51. The highest BCUT2D eigenvalue weighted by Crippen LogP contribution is 2.54. The Kier molecular flexibility index (Phi) is 5.69. The molecule has 188 valence electrons. The van der Waals surface area contributed by atoms with Crippen LogP contribution in [0.5, 0.6) is 5.75 Å². The molecule has 1 spiro atoms. The number of hydrogen-bond donors (Lipinski definition) is 3. The highest BCUT2D eigenvalue weighted by atomic mass is 19.1. The van der Waals surface area contributed by atoms with Gasteiger partial charge in [0.15, 0.2) is 0 Å². The van der Waals surface area contributed by atoms with Crippen LogP contribution in [-0.4, -0.2) is 66.8 Å². The van der Waals surface area contributed by atoms with Crippen LogP contribution in [0.15, 0.2) is 36.7 Å². The molecule has 2 aromatic heterocycles. The van der Waals surface area contributed by atoms with Crippen molar-refractivity contribution in [2.45, 2.75) is 31.2 Å². The van der Waals surface area contributed by atoms with E-state index in [2.05, 4.69) is 32.5 Å². The Hall–Kier alpha value is -3.43. The number of likely N-dealkylation sites (N-methyl/N-ethyl adjacent to an activating group) is 1. The largest absolute Gasteiger partial charge is 0.490 e. The molecule has 3 aliphatic rings. The van der Waals surface area contributed by atoms with E-state index in [9.17, 15) is 9.18 Å². The Morgan fingerprint density at radius 2 is 2.19 bits per heavy atom. The Bertz CT molecular complexity index is 1320. The molecule has 36 heavy (non-hydrogen) atoms. The number of morpholine rings is 1. The smallest absolute Gasteiger partial charge is 0.255 e. The van der Waals surface area contributed by atoms with Crippen LogP contribution in [0.1, 0.15) is 34.5 Å². The summed E-state index contributed by atoms with van der Waals surface area (Å²) in [5.74, 6) is 0.166. The van der Waals surface area contributed by atoms with Gasteiger partial charge in [0.25, 0.3) is 5.91 Å². The summed E-state index contributed by atoms with van der Waals surface area (Å²) in [5, 5.41) is 6.45. The number of H-pyrrole nitrogens is 1. The summed E-state index contributed by atoms with van der Waals surface area (Å²) in [6.07, 6.45) is 5.42. The molecule has 1 saturated carbocycles. The first-order valence-electron chi connectivity index (χ1n) is 12.4. The number of aromatic amines is 1. The number of anilines is 2. The molecule has 8 nitrogen and oxygen atoms in total. The number of pyridine rings is 1. The van der Waals surface area contributed by atoms with Gasteiger partial charge < -0.3 is 25.1 Å². The zero-order valence-corrected chi connectivity index (χ0v) is 20.5. The van der Waals surface area contributed by atoms with E-state index in [4.69, 9.17) is 9.47 Å². The van der Waals surface area contributed by atoms with E-state index in [-0.39, 0.29) is 23.2 Å². The molecule has 2 fully saturated rings. The second-order valence-electron chi connectivity index (χ2n) is 10.0. The minimum Gasteiger partial charge on any atom is -0.490 e. The van der Waals surface area contributed by atoms with Gasteiger partial charge in [-0.1, -0.05) is 6.07 Å². The Morgan fingerprint density at radius 3 is 3.00 bits per heavy atom. The lowest BCUT2D eigenvalue weighted by Crippen LogP contribution is -2.46. The Labute approximate surface area is 209 Å². The summed E-state index contributed by atoms with van der Waals surface area (Å²) in [5.41, 5.74) is 4.68. The van der Waals surface area contributed by atoms with Crippen molar-refractivity contribution < 1.29 is 18.7 Å². The number of hydrogen-bond acceptors (Lipinski definition) is 6. The minimum atomic E-state index is -0.305. The number of carbonyl (C=O) groups is 1. The first-order chi connectivity index (χ1) is 17.5. The fourth-order valence-electron chi connectivity index (χ4n) is 5.13. The first-order valence-corrected chi connectivity index (χ1v) is 12.4. The number of amides is 1. The van der Waals surface area contributed by atoms with Crippen LogP contribution < -0.4 is 15.4 Å². The zero-order chi connectivity index (χ0) is 24.9. The third-order valence-corrected chi connectivity index (χ3v) is 7.73. The molecule has 0 radical (unpaired) electrons. The second kappa shape index (κ2) is 8.90. The van der Waals surface area contributed by atoms with E-state index < -0.39 is 0 Å². The van der Waals surface area contributed by atoms with Crippen molar-refractivity contribution in [3.05, 3.63) is 59.3 Å².